The second-order valence-corrected chi connectivity index (χ2v) is 2.35. The monoisotopic (exact) mass is 139 g/mol. The molecule has 0 bridgehead atoms. The van der Waals surface area contributed by atoms with Gasteiger partial charge in [0.1, 0.15) is 0 Å². The van der Waals surface area contributed by atoms with E-state index in [0.29, 0.717) is 0 Å². The van der Waals surface area contributed by atoms with Crippen LogP contribution in [0.15, 0.2) is 24.3 Å². The first-order chi connectivity index (χ1) is 4.33. The van der Waals surface area contributed by atoms with Gasteiger partial charge in [0, 0.05) is 5.69 Å². The Morgan fingerprint density at radius 2 is 1.78 bits per heavy atom. The number of hydrogen-bond donors (Lipinski definition) is 1. The van der Waals surface area contributed by atoms with Crippen molar-refractivity contribution < 1.29 is 0 Å². The van der Waals surface area contributed by atoms with E-state index in [1.165, 1.54) is 5.56 Å². The normalized spacial score (nSPS) is 9.44. The van der Waals surface area contributed by atoms with Crippen LogP contribution in [0.5, 0.6) is 0 Å². The van der Waals surface area contributed by atoms with E-state index in [1.54, 1.807) is 0 Å². The lowest BCUT2D eigenvalue weighted by atomic mass is 10.2. The average molecular weight is 139 g/mol. The lowest BCUT2D eigenvalue weighted by molar-refractivity contribution is 1.42. The number of hydrogen-bond acceptors (Lipinski definition) is 1. The minimum Gasteiger partial charge on any atom is -0.399 e. The summed E-state index contributed by atoms with van der Waals surface area (Å²) in [6.07, 6.45) is 1.00. The number of nitrogens with two attached hydrogens (primary N) is 1. The van der Waals surface area contributed by atoms with Crippen LogP contribution < -0.4 is 5.73 Å². The fourth-order valence-corrected chi connectivity index (χ4v) is 0.926. The molecule has 0 aliphatic rings. The van der Waals surface area contributed by atoms with Crippen molar-refractivity contribution in [3.05, 3.63) is 29.8 Å². The van der Waals surface area contributed by atoms with Gasteiger partial charge in [-0.1, -0.05) is 12.1 Å². The summed E-state index contributed by atoms with van der Waals surface area (Å²) in [5.41, 5.74) is 7.61. The molecule has 48 valence electrons. The molecule has 0 aliphatic heterocycles. The molecule has 2 heteroatoms. The fourth-order valence-electron chi connectivity index (χ4n) is 0.654. The molecule has 0 spiro atoms. The molecule has 0 saturated carbocycles. The first-order valence-corrected chi connectivity index (χ1v) is 3.69. The van der Waals surface area contributed by atoms with Crippen molar-refractivity contribution >= 4 is 14.9 Å². The van der Waals surface area contributed by atoms with Crippen LogP contribution in [0.1, 0.15) is 5.56 Å². The van der Waals surface area contributed by atoms with Gasteiger partial charge in [-0.15, -0.1) is 9.24 Å². The van der Waals surface area contributed by atoms with E-state index in [-0.39, 0.29) is 0 Å². The highest BCUT2D eigenvalue weighted by atomic mass is 31.0. The molecule has 1 unspecified atom stereocenters. The molecule has 0 heterocycles. The molecular formula is C7H10NP. The summed E-state index contributed by atoms with van der Waals surface area (Å²) in [7, 11) is 2.67. The van der Waals surface area contributed by atoms with Gasteiger partial charge in [-0.05, 0) is 23.9 Å². The molecule has 1 nitrogen and oxygen atoms in total. The third kappa shape index (κ3) is 1.69. The Morgan fingerprint density at radius 1 is 1.22 bits per heavy atom. The molecule has 0 amide bonds. The molecule has 0 fully saturated rings. The molecule has 0 saturated heterocycles. The van der Waals surface area contributed by atoms with Crippen molar-refractivity contribution in [2.45, 2.75) is 6.16 Å². The molecule has 0 aliphatic carbocycles. The van der Waals surface area contributed by atoms with Crippen molar-refractivity contribution in [3.8, 4) is 0 Å². The lowest BCUT2D eigenvalue weighted by Crippen LogP contribution is -1.83. The highest BCUT2D eigenvalue weighted by Gasteiger charge is 1.85. The smallest absolute Gasteiger partial charge is 0.0314 e. The van der Waals surface area contributed by atoms with E-state index in [4.69, 9.17) is 5.73 Å². The van der Waals surface area contributed by atoms with Crippen LogP contribution in [0.25, 0.3) is 0 Å². The number of anilines is 1. The van der Waals surface area contributed by atoms with Gasteiger partial charge in [-0.25, -0.2) is 0 Å². The topological polar surface area (TPSA) is 26.0 Å². The Bertz CT molecular complexity index is 181. The highest BCUT2D eigenvalue weighted by molar-refractivity contribution is 7.15. The van der Waals surface area contributed by atoms with Crippen LogP contribution in [-0.2, 0) is 6.16 Å². The van der Waals surface area contributed by atoms with Crippen LogP contribution in [0, 0.1) is 0 Å². The Balaban J connectivity index is 2.88. The predicted octanol–water partition coefficient (Wildman–Crippen LogP) is 1.64. The maximum absolute atomic E-state index is 5.47. The zero-order valence-corrected chi connectivity index (χ0v) is 6.33. The van der Waals surface area contributed by atoms with Crippen LogP contribution >= 0.6 is 9.24 Å². The van der Waals surface area contributed by atoms with Crippen molar-refractivity contribution in [1.29, 1.82) is 0 Å². The molecule has 0 aromatic heterocycles. The average Bonchev–Trinajstić information content (AvgIpc) is 1.90. The van der Waals surface area contributed by atoms with Crippen LogP contribution in [0.4, 0.5) is 5.69 Å². The van der Waals surface area contributed by atoms with Gasteiger partial charge in [-0.3, -0.25) is 0 Å². The molecule has 9 heavy (non-hydrogen) atoms. The number of benzene rings is 1. The zero-order chi connectivity index (χ0) is 6.69. The Kier molecular flexibility index (Phi) is 2.07. The highest BCUT2D eigenvalue weighted by Crippen LogP contribution is 2.07. The molecular weight excluding hydrogens is 129 g/mol. The van der Waals surface area contributed by atoms with Crippen LogP contribution in [0.3, 0.4) is 0 Å². The predicted molar refractivity (Wildman–Crippen MR) is 44.3 cm³/mol. The van der Waals surface area contributed by atoms with E-state index in [0.717, 1.165) is 11.8 Å². The van der Waals surface area contributed by atoms with E-state index in [1.807, 2.05) is 24.3 Å². The second kappa shape index (κ2) is 2.84. The molecule has 1 rings (SSSR count). The molecule has 1 aromatic rings. The largest absolute Gasteiger partial charge is 0.399 e. The van der Waals surface area contributed by atoms with Gasteiger partial charge >= 0.3 is 0 Å². The van der Waals surface area contributed by atoms with Gasteiger partial charge in [0.2, 0.25) is 0 Å². The first-order valence-electron chi connectivity index (χ1n) is 2.87. The Hall–Kier alpha value is -0.550. The summed E-state index contributed by atoms with van der Waals surface area (Å²) in [4.78, 5) is 0. The van der Waals surface area contributed by atoms with E-state index >= 15 is 0 Å². The van der Waals surface area contributed by atoms with Crippen molar-refractivity contribution in [1.82, 2.24) is 0 Å². The SMILES string of the molecule is Nc1ccc(CP)cc1. The summed E-state index contributed by atoms with van der Waals surface area (Å²) in [5.74, 6) is 0. The van der Waals surface area contributed by atoms with Crippen molar-refractivity contribution in [3.63, 3.8) is 0 Å². The fraction of sp³-hybridized carbons (Fsp3) is 0.143. The Morgan fingerprint density at radius 3 is 2.22 bits per heavy atom. The summed E-state index contributed by atoms with van der Waals surface area (Å²) in [6.45, 7) is 0. The van der Waals surface area contributed by atoms with Crippen LogP contribution in [-0.4, -0.2) is 0 Å². The molecule has 2 N–H and O–H groups in total. The zero-order valence-electron chi connectivity index (χ0n) is 5.17. The van der Waals surface area contributed by atoms with Gasteiger partial charge in [0.05, 0.1) is 0 Å². The standard InChI is InChI=1S/C7H10NP/c8-7-3-1-6(5-9)2-4-7/h1-4H,5,8-9H2. The quantitative estimate of drug-likeness (QED) is 0.464. The van der Waals surface area contributed by atoms with E-state index < -0.39 is 0 Å². The minimum atomic E-state index is 0.831. The van der Waals surface area contributed by atoms with E-state index in [2.05, 4.69) is 9.24 Å². The third-order valence-corrected chi connectivity index (χ3v) is 1.69. The summed E-state index contributed by atoms with van der Waals surface area (Å²) in [5, 5.41) is 0. The molecule has 0 radical (unpaired) electrons. The van der Waals surface area contributed by atoms with E-state index in [9.17, 15) is 0 Å². The maximum Gasteiger partial charge on any atom is 0.0314 e. The number of rotatable bonds is 1. The molecule has 1 aromatic carbocycles. The minimum absolute atomic E-state index is 0.831. The van der Waals surface area contributed by atoms with Gasteiger partial charge in [0.15, 0.2) is 0 Å². The van der Waals surface area contributed by atoms with Gasteiger partial charge < -0.3 is 5.73 Å². The second-order valence-electron chi connectivity index (χ2n) is 1.95. The summed E-state index contributed by atoms with van der Waals surface area (Å²) >= 11 is 0. The maximum atomic E-state index is 5.47. The third-order valence-electron chi connectivity index (χ3n) is 1.22. The summed E-state index contributed by atoms with van der Waals surface area (Å²) in [6, 6.07) is 7.89. The van der Waals surface area contributed by atoms with Gasteiger partial charge in [-0.2, -0.15) is 0 Å². The Labute approximate surface area is 57.5 Å². The lowest BCUT2D eigenvalue weighted by Gasteiger charge is -1.94. The van der Waals surface area contributed by atoms with Gasteiger partial charge in [0.25, 0.3) is 0 Å². The first kappa shape index (κ1) is 6.57. The molecule has 1 atom stereocenters. The van der Waals surface area contributed by atoms with Crippen LogP contribution in [0.2, 0.25) is 0 Å². The number of nitrogen functional groups attached to an aromatic ring is 1. The van der Waals surface area contributed by atoms with Crippen molar-refractivity contribution in [2.75, 3.05) is 5.73 Å². The van der Waals surface area contributed by atoms with Crippen molar-refractivity contribution in [2.24, 2.45) is 0 Å². The summed E-state index contributed by atoms with van der Waals surface area (Å²) < 4.78 is 0.